The van der Waals surface area contributed by atoms with Gasteiger partial charge in [-0.25, -0.2) is 0 Å². The van der Waals surface area contributed by atoms with Crippen LogP contribution in [0.25, 0.3) is 0 Å². The number of hydrogen-bond acceptors (Lipinski definition) is 1. The Morgan fingerprint density at radius 2 is 1.50 bits per heavy atom. The molecule has 18 heavy (non-hydrogen) atoms. The summed E-state index contributed by atoms with van der Waals surface area (Å²) in [6, 6.07) is 7.65. The highest BCUT2D eigenvalue weighted by molar-refractivity contribution is 9.10. The van der Waals surface area contributed by atoms with Crippen molar-refractivity contribution in [2.45, 2.75) is 58.3 Å². The first kappa shape index (κ1) is 15.4. The minimum Gasteiger partial charge on any atom is -0.294 e. The van der Waals surface area contributed by atoms with Crippen molar-refractivity contribution in [1.29, 1.82) is 0 Å². The van der Waals surface area contributed by atoms with Gasteiger partial charge in [-0.05, 0) is 18.6 Å². The van der Waals surface area contributed by atoms with Crippen LogP contribution in [0.15, 0.2) is 28.7 Å². The standard InChI is InChI=1S/C16H23BrO/c1-2-3-4-5-6-7-8-9-16(18)14-10-12-15(17)13-11-14/h10-13H,2-9H2,1H3. The SMILES string of the molecule is CCCCCCCCCC(=O)c1ccc(Br)cc1. The number of carbonyl (C=O) groups is 1. The van der Waals surface area contributed by atoms with E-state index < -0.39 is 0 Å². The molecule has 0 N–H and O–H groups in total. The molecule has 1 aromatic carbocycles. The molecule has 0 aliphatic rings. The molecule has 0 fully saturated rings. The zero-order valence-electron chi connectivity index (χ0n) is 11.3. The van der Waals surface area contributed by atoms with E-state index in [1.165, 1.54) is 38.5 Å². The second-order valence-electron chi connectivity index (χ2n) is 4.80. The first-order chi connectivity index (χ1) is 8.74. The van der Waals surface area contributed by atoms with Crippen molar-refractivity contribution in [3.8, 4) is 0 Å². The Bertz CT molecular complexity index is 343. The molecule has 0 unspecified atom stereocenters. The van der Waals surface area contributed by atoms with Gasteiger partial charge in [0.2, 0.25) is 0 Å². The van der Waals surface area contributed by atoms with Crippen LogP contribution in [-0.4, -0.2) is 5.78 Å². The molecule has 0 aliphatic heterocycles. The van der Waals surface area contributed by atoms with E-state index in [0.29, 0.717) is 6.42 Å². The van der Waals surface area contributed by atoms with Gasteiger partial charge in [-0.1, -0.05) is 73.5 Å². The van der Waals surface area contributed by atoms with Crippen LogP contribution in [0.4, 0.5) is 0 Å². The van der Waals surface area contributed by atoms with Gasteiger partial charge in [-0.3, -0.25) is 4.79 Å². The fourth-order valence-electron chi connectivity index (χ4n) is 2.02. The van der Waals surface area contributed by atoms with Crippen molar-refractivity contribution in [2.75, 3.05) is 0 Å². The fourth-order valence-corrected chi connectivity index (χ4v) is 2.29. The molecule has 0 bridgehead atoms. The van der Waals surface area contributed by atoms with E-state index in [1.807, 2.05) is 24.3 Å². The van der Waals surface area contributed by atoms with Crippen LogP contribution in [0.3, 0.4) is 0 Å². The summed E-state index contributed by atoms with van der Waals surface area (Å²) in [5, 5.41) is 0. The number of hydrogen-bond donors (Lipinski definition) is 0. The van der Waals surface area contributed by atoms with Crippen LogP contribution < -0.4 is 0 Å². The van der Waals surface area contributed by atoms with Gasteiger partial charge >= 0.3 is 0 Å². The fraction of sp³-hybridized carbons (Fsp3) is 0.562. The van der Waals surface area contributed by atoms with E-state index in [9.17, 15) is 4.79 Å². The minimum absolute atomic E-state index is 0.274. The molecule has 2 heteroatoms. The van der Waals surface area contributed by atoms with Crippen molar-refractivity contribution in [2.24, 2.45) is 0 Å². The second-order valence-corrected chi connectivity index (χ2v) is 5.72. The molecule has 1 nitrogen and oxygen atoms in total. The molecule has 0 spiro atoms. The van der Waals surface area contributed by atoms with Crippen molar-refractivity contribution < 1.29 is 4.79 Å². The molecule has 0 radical (unpaired) electrons. The number of halogens is 1. The Balaban J connectivity index is 2.12. The number of rotatable bonds is 9. The number of unbranched alkanes of at least 4 members (excludes halogenated alkanes) is 6. The summed E-state index contributed by atoms with van der Waals surface area (Å²) < 4.78 is 1.02. The number of Topliss-reactive ketones (excluding diaryl/α,β-unsaturated/α-hetero) is 1. The van der Waals surface area contributed by atoms with Crippen LogP contribution in [-0.2, 0) is 0 Å². The van der Waals surface area contributed by atoms with Gasteiger partial charge < -0.3 is 0 Å². The van der Waals surface area contributed by atoms with Gasteiger partial charge in [0.05, 0.1) is 0 Å². The normalized spacial score (nSPS) is 10.6. The van der Waals surface area contributed by atoms with Crippen LogP contribution in [0.2, 0.25) is 0 Å². The van der Waals surface area contributed by atoms with Crippen LogP contribution in [0, 0.1) is 0 Å². The monoisotopic (exact) mass is 310 g/mol. The molecule has 0 saturated carbocycles. The second kappa shape index (κ2) is 9.32. The minimum atomic E-state index is 0.274. The quantitative estimate of drug-likeness (QED) is 0.418. The van der Waals surface area contributed by atoms with Crippen molar-refractivity contribution in [3.63, 3.8) is 0 Å². The third-order valence-corrected chi connectivity index (χ3v) is 3.70. The molecule has 100 valence electrons. The lowest BCUT2D eigenvalue weighted by atomic mass is 10.0. The van der Waals surface area contributed by atoms with Crippen LogP contribution >= 0.6 is 15.9 Å². The van der Waals surface area contributed by atoms with E-state index in [2.05, 4.69) is 22.9 Å². The summed E-state index contributed by atoms with van der Waals surface area (Å²) >= 11 is 3.38. The van der Waals surface area contributed by atoms with Crippen molar-refractivity contribution in [3.05, 3.63) is 34.3 Å². The first-order valence-electron chi connectivity index (χ1n) is 7.03. The number of benzene rings is 1. The largest absolute Gasteiger partial charge is 0.294 e. The first-order valence-corrected chi connectivity index (χ1v) is 7.82. The lowest BCUT2D eigenvalue weighted by Gasteiger charge is -2.02. The van der Waals surface area contributed by atoms with E-state index in [4.69, 9.17) is 0 Å². The summed E-state index contributed by atoms with van der Waals surface area (Å²) in [5.41, 5.74) is 0.837. The van der Waals surface area contributed by atoms with Crippen molar-refractivity contribution >= 4 is 21.7 Å². The molecule has 1 rings (SSSR count). The third kappa shape index (κ3) is 6.34. The zero-order chi connectivity index (χ0) is 13.2. The molecular weight excluding hydrogens is 288 g/mol. The van der Waals surface area contributed by atoms with Crippen LogP contribution in [0.1, 0.15) is 68.6 Å². The van der Waals surface area contributed by atoms with Gasteiger partial charge in [0.25, 0.3) is 0 Å². The van der Waals surface area contributed by atoms with Gasteiger partial charge in [0, 0.05) is 16.5 Å². The Kier molecular flexibility index (Phi) is 7.99. The Labute approximate surface area is 119 Å². The highest BCUT2D eigenvalue weighted by Crippen LogP contribution is 2.14. The lowest BCUT2D eigenvalue weighted by Crippen LogP contribution is -1.98. The predicted octanol–water partition coefficient (Wildman–Crippen LogP) is 5.77. The summed E-state index contributed by atoms with van der Waals surface area (Å²) in [6.45, 7) is 2.23. The predicted molar refractivity (Wildman–Crippen MR) is 81.1 cm³/mol. The molecule has 0 aromatic heterocycles. The summed E-state index contributed by atoms with van der Waals surface area (Å²) in [5.74, 6) is 0.274. The molecule has 0 saturated heterocycles. The van der Waals surface area contributed by atoms with E-state index in [1.54, 1.807) is 0 Å². The third-order valence-electron chi connectivity index (χ3n) is 3.17. The van der Waals surface area contributed by atoms with E-state index in [0.717, 1.165) is 16.5 Å². The topological polar surface area (TPSA) is 17.1 Å². The van der Waals surface area contributed by atoms with Gasteiger partial charge in [0.15, 0.2) is 5.78 Å². The highest BCUT2D eigenvalue weighted by Gasteiger charge is 2.04. The van der Waals surface area contributed by atoms with Gasteiger partial charge in [-0.2, -0.15) is 0 Å². The molecule has 0 heterocycles. The zero-order valence-corrected chi connectivity index (χ0v) is 12.8. The maximum atomic E-state index is 11.9. The smallest absolute Gasteiger partial charge is 0.162 e. The average Bonchev–Trinajstić information content (AvgIpc) is 2.38. The van der Waals surface area contributed by atoms with Crippen molar-refractivity contribution in [1.82, 2.24) is 0 Å². The molecular formula is C16H23BrO. The van der Waals surface area contributed by atoms with E-state index in [-0.39, 0.29) is 5.78 Å². The molecule has 0 aliphatic carbocycles. The summed E-state index contributed by atoms with van der Waals surface area (Å²) in [7, 11) is 0. The van der Waals surface area contributed by atoms with Gasteiger partial charge in [-0.15, -0.1) is 0 Å². The van der Waals surface area contributed by atoms with Gasteiger partial charge in [0.1, 0.15) is 0 Å². The Hall–Kier alpha value is -0.630. The van der Waals surface area contributed by atoms with E-state index >= 15 is 0 Å². The summed E-state index contributed by atoms with van der Waals surface area (Å²) in [4.78, 5) is 11.9. The maximum Gasteiger partial charge on any atom is 0.162 e. The Morgan fingerprint density at radius 3 is 2.11 bits per heavy atom. The number of ketones is 1. The van der Waals surface area contributed by atoms with Crippen LogP contribution in [0.5, 0.6) is 0 Å². The lowest BCUT2D eigenvalue weighted by molar-refractivity contribution is 0.0979. The molecule has 0 amide bonds. The highest BCUT2D eigenvalue weighted by atomic mass is 79.9. The number of carbonyl (C=O) groups excluding carboxylic acids is 1. The maximum absolute atomic E-state index is 11.9. The summed E-state index contributed by atoms with van der Waals surface area (Å²) in [6.07, 6.45) is 9.48. The average molecular weight is 311 g/mol. The molecule has 0 atom stereocenters. The molecule has 1 aromatic rings. The Morgan fingerprint density at radius 1 is 0.944 bits per heavy atom.